The first kappa shape index (κ1) is 12.1. The number of rotatable bonds is 2. The molecule has 0 aliphatic heterocycles. The van der Waals surface area contributed by atoms with Crippen LogP contribution in [0.2, 0.25) is 0 Å². The van der Waals surface area contributed by atoms with Crippen LogP contribution in [0.1, 0.15) is 44.7 Å². The van der Waals surface area contributed by atoms with Crippen LogP contribution < -0.4 is 5.32 Å². The Morgan fingerprint density at radius 2 is 1.88 bits per heavy atom. The first-order chi connectivity index (χ1) is 8.06. The Morgan fingerprint density at radius 3 is 2.47 bits per heavy atom. The number of nitrogens with zero attached hydrogens (tertiary/aromatic N) is 1. The van der Waals surface area contributed by atoms with Crippen LogP contribution in [0.5, 0.6) is 0 Å². The van der Waals surface area contributed by atoms with Crippen molar-refractivity contribution in [1.82, 2.24) is 5.32 Å². The third-order valence-corrected chi connectivity index (χ3v) is 3.91. The van der Waals surface area contributed by atoms with E-state index < -0.39 is 5.54 Å². The molecule has 17 heavy (non-hydrogen) atoms. The summed E-state index contributed by atoms with van der Waals surface area (Å²) in [6.45, 7) is 7.40. The topological polar surface area (TPSA) is 35.8 Å². The highest BCUT2D eigenvalue weighted by atomic mass is 15.0. The Kier molecular flexibility index (Phi) is 2.97. The fourth-order valence-electron chi connectivity index (χ4n) is 2.86. The van der Waals surface area contributed by atoms with Crippen molar-refractivity contribution in [2.75, 3.05) is 6.54 Å². The van der Waals surface area contributed by atoms with Gasteiger partial charge in [-0.15, -0.1) is 0 Å². The molecule has 0 aromatic heterocycles. The molecule has 90 valence electrons. The van der Waals surface area contributed by atoms with Crippen LogP contribution in [0.25, 0.3) is 0 Å². The average Bonchev–Trinajstić information content (AvgIpc) is 2.34. The normalized spacial score (nSPS) is 26.0. The van der Waals surface area contributed by atoms with E-state index >= 15 is 0 Å². The van der Waals surface area contributed by atoms with Gasteiger partial charge < -0.3 is 0 Å². The Bertz CT molecular complexity index is 456. The number of hydrogen-bond donors (Lipinski definition) is 1. The summed E-state index contributed by atoms with van der Waals surface area (Å²) in [6, 6.07) is 10.9. The van der Waals surface area contributed by atoms with Gasteiger partial charge in [0.25, 0.3) is 0 Å². The molecule has 0 radical (unpaired) electrons. The largest absolute Gasteiger partial charge is 0.296 e. The van der Waals surface area contributed by atoms with Gasteiger partial charge in [0.05, 0.1) is 6.07 Å². The third kappa shape index (κ3) is 1.85. The molecule has 2 rings (SSSR count). The van der Waals surface area contributed by atoms with E-state index in [0.717, 1.165) is 19.4 Å². The highest BCUT2D eigenvalue weighted by Gasteiger charge is 2.42. The molecule has 0 spiro atoms. The summed E-state index contributed by atoms with van der Waals surface area (Å²) < 4.78 is 0. The van der Waals surface area contributed by atoms with Crippen molar-refractivity contribution in [3.63, 3.8) is 0 Å². The van der Waals surface area contributed by atoms with E-state index in [9.17, 15) is 5.26 Å². The van der Waals surface area contributed by atoms with Gasteiger partial charge in [0.15, 0.2) is 0 Å². The van der Waals surface area contributed by atoms with Crippen molar-refractivity contribution in [2.24, 2.45) is 0 Å². The second-order valence-electron chi connectivity index (χ2n) is 5.48. The highest BCUT2D eigenvalue weighted by Crippen LogP contribution is 2.44. The Labute approximate surface area is 104 Å². The van der Waals surface area contributed by atoms with E-state index in [1.165, 1.54) is 11.1 Å². The molecule has 1 aliphatic carbocycles. The molecule has 0 saturated heterocycles. The van der Waals surface area contributed by atoms with Gasteiger partial charge in [-0.2, -0.15) is 5.26 Å². The second kappa shape index (κ2) is 4.16. The van der Waals surface area contributed by atoms with Crippen LogP contribution in [0.3, 0.4) is 0 Å². The minimum absolute atomic E-state index is 0.173. The fraction of sp³-hybridized carbons (Fsp3) is 0.533. The summed E-state index contributed by atoms with van der Waals surface area (Å²) in [6.07, 6.45) is 1.94. The minimum Gasteiger partial charge on any atom is -0.296 e. The van der Waals surface area contributed by atoms with E-state index in [2.05, 4.69) is 50.4 Å². The van der Waals surface area contributed by atoms with Crippen LogP contribution in [0.15, 0.2) is 24.3 Å². The van der Waals surface area contributed by atoms with Crippen molar-refractivity contribution in [1.29, 1.82) is 5.26 Å². The lowest BCUT2D eigenvalue weighted by Crippen LogP contribution is -2.47. The SMILES string of the molecule is CCNC1(C#N)CCC(C)(C)c2ccccc21. The predicted molar refractivity (Wildman–Crippen MR) is 69.7 cm³/mol. The van der Waals surface area contributed by atoms with Gasteiger partial charge >= 0.3 is 0 Å². The van der Waals surface area contributed by atoms with E-state index in [-0.39, 0.29) is 5.41 Å². The number of hydrogen-bond acceptors (Lipinski definition) is 2. The quantitative estimate of drug-likeness (QED) is 0.844. The van der Waals surface area contributed by atoms with Crippen molar-refractivity contribution < 1.29 is 0 Å². The van der Waals surface area contributed by atoms with E-state index in [4.69, 9.17) is 0 Å². The summed E-state index contributed by atoms with van der Waals surface area (Å²) >= 11 is 0. The Hall–Kier alpha value is -1.33. The predicted octanol–water partition coefficient (Wildman–Crippen LogP) is 3.09. The van der Waals surface area contributed by atoms with Gasteiger partial charge in [0.1, 0.15) is 5.54 Å². The molecule has 1 atom stereocenters. The summed E-state index contributed by atoms with van der Waals surface area (Å²) in [5.41, 5.74) is 2.17. The van der Waals surface area contributed by atoms with E-state index in [0.29, 0.717) is 0 Å². The molecule has 1 aliphatic rings. The van der Waals surface area contributed by atoms with Crippen molar-refractivity contribution in [3.8, 4) is 6.07 Å². The molecule has 1 unspecified atom stereocenters. The molecule has 1 aromatic carbocycles. The maximum absolute atomic E-state index is 9.58. The molecule has 0 fully saturated rings. The van der Waals surface area contributed by atoms with E-state index in [1.807, 2.05) is 6.07 Å². The zero-order valence-corrected chi connectivity index (χ0v) is 10.9. The van der Waals surface area contributed by atoms with Crippen LogP contribution in [-0.4, -0.2) is 6.54 Å². The van der Waals surface area contributed by atoms with Crippen molar-refractivity contribution >= 4 is 0 Å². The van der Waals surface area contributed by atoms with Gasteiger partial charge in [0, 0.05) is 0 Å². The Morgan fingerprint density at radius 1 is 1.24 bits per heavy atom. The standard InChI is InChI=1S/C15H20N2/c1-4-17-15(11-16)10-9-14(2,3)12-7-5-6-8-13(12)15/h5-8,17H,4,9-10H2,1-3H3. The molecule has 1 aromatic rings. The van der Waals surface area contributed by atoms with Gasteiger partial charge in [0.2, 0.25) is 0 Å². The maximum Gasteiger partial charge on any atom is 0.132 e. The summed E-state index contributed by atoms with van der Waals surface area (Å²) in [7, 11) is 0. The third-order valence-electron chi connectivity index (χ3n) is 3.91. The minimum atomic E-state index is -0.485. The number of nitrogens with one attached hydrogen (secondary N) is 1. The monoisotopic (exact) mass is 228 g/mol. The summed E-state index contributed by atoms with van der Waals surface area (Å²) in [5.74, 6) is 0. The van der Waals surface area contributed by atoms with Gasteiger partial charge in [-0.05, 0) is 35.9 Å². The van der Waals surface area contributed by atoms with Crippen LogP contribution >= 0.6 is 0 Å². The summed E-state index contributed by atoms with van der Waals surface area (Å²) in [5, 5.41) is 13.0. The number of benzene rings is 1. The maximum atomic E-state index is 9.58. The summed E-state index contributed by atoms with van der Waals surface area (Å²) in [4.78, 5) is 0. The molecule has 0 heterocycles. The van der Waals surface area contributed by atoms with Crippen molar-refractivity contribution in [3.05, 3.63) is 35.4 Å². The Balaban J connectivity index is 2.59. The smallest absolute Gasteiger partial charge is 0.132 e. The lowest BCUT2D eigenvalue weighted by Gasteiger charge is -2.42. The van der Waals surface area contributed by atoms with Gasteiger partial charge in [-0.25, -0.2) is 0 Å². The molecule has 1 N–H and O–H groups in total. The molecular weight excluding hydrogens is 208 g/mol. The van der Waals surface area contributed by atoms with Crippen LogP contribution in [0, 0.1) is 11.3 Å². The number of fused-ring (bicyclic) bond motifs is 1. The lowest BCUT2D eigenvalue weighted by atomic mass is 9.66. The highest BCUT2D eigenvalue weighted by molar-refractivity contribution is 5.45. The molecule has 0 amide bonds. The van der Waals surface area contributed by atoms with E-state index in [1.54, 1.807) is 0 Å². The molecule has 0 saturated carbocycles. The lowest BCUT2D eigenvalue weighted by molar-refractivity contribution is 0.304. The average molecular weight is 228 g/mol. The molecule has 0 bridgehead atoms. The zero-order valence-electron chi connectivity index (χ0n) is 10.9. The van der Waals surface area contributed by atoms with Gasteiger partial charge in [-0.3, -0.25) is 5.32 Å². The molecule has 2 heteroatoms. The van der Waals surface area contributed by atoms with Crippen LogP contribution in [-0.2, 0) is 11.0 Å². The van der Waals surface area contributed by atoms with Gasteiger partial charge in [-0.1, -0.05) is 45.0 Å². The first-order valence-electron chi connectivity index (χ1n) is 6.32. The van der Waals surface area contributed by atoms with Crippen LogP contribution in [0.4, 0.5) is 0 Å². The zero-order chi connectivity index (χ0) is 12.5. The first-order valence-corrected chi connectivity index (χ1v) is 6.32. The van der Waals surface area contributed by atoms with Crippen molar-refractivity contribution in [2.45, 2.75) is 44.6 Å². The fourth-order valence-corrected chi connectivity index (χ4v) is 2.86. The molecule has 2 nitrogen and oxygen atoms in total. The second-order valence-corrected chi connectivity index (χ2v) is 5.48. The number of nitriles is 1. The molecular formula is C15H20N2.